The van der Waals surface area contributed by atoms with Gasteiger partial charge in [-0.1, -0.05) is 30.3 Å². The predicted octanol–water partition coefficient (Wildman–Crippen LogP) is 2.28. The molecule has 0 aliphatic rings. The van der Waals surface area contributed by atoms with E-state index in [1.807, 2.05) is 11.4 Å². The van der Waals surface area contributed by atoms with Crippen LogP contribution >= 0.6 is 11.3 Å². The van der Waals surface area contributed by atoms with Gasteiger partial charge in [-0.3, -0.25) is 0 Å². The topological polar surface area (TPSA) is 42.2 Å². The van der Waals surface area contributed by atoms with Gasteiger partial charge in [0.25, 0.3) is 0 Å². The highest BCUT2D eigenvalue weighted by Crippen LogP contribution is 2.19. The molecule has 0 spiro atoms. The van der Waals surface area contributed by atoms with Crippen molar-refractivity contribution in [2.24, 2.45) is 5.73 Å². The molecule has 17 heavy (non-hydrogen) atoms. The Kier molecular flexibility index (Phi) is 4.12. The monoisotopic (exact) mass is 247 g/mol. The van der Waals surface area contributed by atoms with Crippen molar-refractivity contribution >= 4 is 16.5 Å². The Morgan fingerprint density at radius 1 is 1.29 bits per heavy atom. The third-order valence-corrected chi connectivity index (χ3v) is 3.66. The fourth-order valence-electron chi connectivity index (χ4n) is 1.60. The molecule has 3 nitrogen and oxygen atoms in total. The van der Waals surface area contributed by atoms with Crippen LogP contribution in [0.15, 0.2) is 35.7 Å². The molecule has 2 aromatic rings. The van der Waals surface area contributed by atoms with Crippen molar-refractivity contribution in [3.63, 3.8) is 0 Å². The second-order valence-corrected chi connectivity index (χ2v) is 4.82. The summed E-state index contributed by atoms with van der Waals surface area (Å²) >= 11 is 1.65. The van der Waals surface area contributed by atoms with Crippen LogP contribution in [-0.2, 0) is 13.0 Å². The van der Waals surface area contributed by atoms with Gasteiger partial charge in [-0.25, -0.2) is 4.98 Å². The summed E-state index contributed by atoms with van der Waals surface area (Å²) in [5, 5.41) is 3.07. The lowest BCUT2D eigenvalue weighted by atomic mass is 10.1. The third-order valence-electron chi connectivity index (χ3n) is 2.65. The van der Waals surface area contributed by atoms with Gasteiger partial charge in [0.15, 0.2) is 5.13 Å². The molecule has 0 radical (unpaired) electrons. The summed E-state index contributed by atoms with van der Waals surface area (Å²) in [6, 6.07) is 10.5. The highest BCUT2D eigenvalue weighted by atomic mass is 32.1. The largest absolute Gasteiger partial charge is 0.351 e. The third kappa shape index (κ3) is 3.28. The Balaban J connectivity index is 1.91. The summed E-state index contributed by atoms with van der Waals surface area (Å²) < 4.78 is 0. The van der Waals surface area contributed by atoms with E-state index in [1.165, 1.54) is 5.56 Å². The SMILES string of the molecule is CN(CCc1ccccc1)c1nc(CN)cs1. The van der Waals surface area contributed by atoms with Crippen LogP contribution in [0.4, 0.5) is 5.13 Å². The maximum absolute atomic E-state index is 5.55. The maximum atomic E-state index is 5.55. The van der Waals surface area contributed by atoms with Crippen LogP contribution in [0.25, 0.3) is 0 Å². The highest BCUT2D eigenvalue weighted by molar-refractivity contribution is 7.13. The van der Waals surface area contributed by atoms with Gasteiger partial charge in [-0.05, 0) is 12.0 Å². The zero-order valence-electron chi connectivity index (χ0n) is 9.97. The summed E-state index contributed by atoms with van der Waals surface area (Å²) in [4.78, 5) is 6.64. The molecule has 0 atom stereocenters. The molecule has 0 fully saturated rings. The molecule has 1 heterocycles. The molecule has 0 amide bonds. The maximum Gasteiger partial charge on any atom is 0.185 e. The number of hydrogen-bond donors (Lipinski definition) is 1. The number of thiazole rings is 1. The van der Waals surface area contributed by atoms with Crippen molar-refractivity contribution in [1.29, 1.82) is 0 Å². The molecule has 4 heteroatoms. The molecule has 0 saturated heterocycles. The molecular formula is C13H17N3S. The van der Waals surface area contributed by atoms with E-state index in [9.17, 15) is 0 Å². The standard InChI is InChI=1S/C13H17N3S/c1-16(13-15-12(9-14)10-17-13)8-7-11-5-3-2-4-6-11/h2-6,10H,7-9,14H2,1H3. The van der Waals surface area contributed by atoms with E-state index in [2.05, 4.69) is 41.2 Å². The number of anilines is 1. The molecule has 1 aromatic heterocycles. The van der Waals surface area contributed by atoms with Gasteiger partial charge in [0, 0.05) is 25.5 Å². The Bertz CT molecular complexity index is 453. The molecule has 0 aliphatic carbocycles. The molecule has 2 rings (SSSR count). The number of nitrogens with two attached hydrogens (primary N) is 1. The number of rotatable bonds is 5. The number of aromatic nitrogens is 1. The lowest BCUT2D eigenvalue weighted by Gasteiger charge is -2.15. The van der Waals surface area contributed by atoms with Gasteiger partial charge in [0.1, 0.15) is 0 Å². The van der Waals surface area contributed by atoms with Crippen LogP contribution in [-0.4, -0.2) is 18.6 Å². The minimum atomic E-state index is 0.517. The zero-order valence-corrected chi connectivity index (χ0v) is 10.8. The first-order valence-electron chi connectivity index (χ1n) is 5.69. The average Bonchev–Trinajstić information content (AvgIpc) is 2.86. The van der Waals surface area contributed by atoms with E-state index >= 15 is 0 Å². The number of benzene rings is 1. The molecule has 0 bridgehead atoms. The zero-order chi connectivity index (χ0) is 12.1. The minimum absolute atomic E-state index is 0.517. The molecule has 0 saturated carbocycles. The molecule has 0 aliphatic heterocycles. The smallest absolute Gasteiger partial charge is 0.185 e. The quantitative estimate of drug-likeness (QED) is 0.881. The van der Waals surface area contributed by atoms with Crippen LogP contribution in [0, 0.1) is 0 Å². The Labute approximate surface area is 106 Å². The van der Waals surface area contributed by atoms with Crippen LogP contribution in [0.3, 0.4) is 0 Å². The lowest BCUT2D eigenvalue weighted by molar-refractivity contribution is 0.864. The number of hydrogen-bond acceptors (Lipinski definition) is 4. The second-order valence-electron chi connectivity index (χ2n) is 3.98. The van der Waals surface area contributed by atoms with Crippen LogP contribution in [0.2, 0.25) is 0 Å². The first kappa shape index (κ1) is 12.1. The van der Waals surface area contributed by atoms with E-state index in [0.717, 1.165) is 23.8 Å². The van der Waals surface area contributed by atoms with Crippen molar-refractivity contribution in [2.45, 2.75) is 13.0 Å². The van der Waals surface area contributed by atoms with Gasteiger partial charge in [-0.15, -0.1) is 11.3 Å². The summed E-state index contributed by atoms with van der Waals surface area (Å²) in [6.07, 6.45) is 1.04. The first-order valence-corrected chi connectivity index (χ1v) is 6.57. The van der Waals surface area contributed by atoms with Crippen molar-refractivity contribution in [3.8, 4) is 0 Å². The number of nitrogens with zero attached hydrogens (tertiary/aromatic N) is 2. The van der Waals surface area contributed by atoms with Crippen molar-refractivity contribution in [3.05, 3.63) is 47.0 Å². The Hall–Kier alpha value is -1.39. The van der Waals surface area contributed by atoms with Gasteiger partial charge in [0.05, 0.1) is 5.69 Å². The van der Waals surface area contributed by atoms with Gasteiger partial charge in [-0.2, -0.15) is 0 Å². The van der Waals surface area contributed by atoms with Gasteiger partial charge >= 0.3 is 0 Å². The van der Waals surface area contributed by atoms with E-state index in [1.54, 1.807) is 11.3 Å². The number of likely N-dealkylation sites (N-methyl/N-ethyl adjacent to an activating group) is 1. The molecule has 90 valence electrons. The summed E-state index contributed by atoms with van der Waals surface area (Å²) in [5.74, 6) is 0. The van der Waals surface area contributed by atoms with E-state index in [0.29, 0.717) is 6.54 Å². The molecule has 1 aromatic carbocycles. The normalized spacial score (nSPS) is 10.5. The summed E-state index contributed by atoms with van der Waals surface area (Å²) in [5.41, 5.74) is 7.88. The van der Waals surface area contributed by atoms with E-state index < -0.39 is 0 Å². The van der Waals surface area contributed by atoms with Crippen LogP contribution < -0.4 is 10.6 Å². The Morgan fingerprint density at radius 3 is 2.71 bits per heavy atom. The van der Waals surface area contributed by atoms with Gasteiger partial charge < -0.3 is 10.6 Å². The van der Waals surface area contributed by atoms with Crippen molar-refractivity contribution in [1.82, 2.24) is 4.98 Å². The lowest BCUT2D eigenvalue weighted by Crippen LogP contribution is -2.20. The van der Waals surface area contributed by atoms with E-state index in [-0.39, 0.29) is 0 Å². The molecular weight excluding hydrogens is 230 g/mol. The highest BCUT2D eigenvalue weighted by Gasteiger charge is 2.06. The first-order chi connectivity index (χ1) is 8.29. The fraction of sp³-hybridized carbons (Fsp3) is 0.308. The fourth-order valence-corrected chi connectivity index (χ4v) is 2.43. The molecule has 0 unspecified atom stereocenters. The van der Waals surface area contributed by atoms with Crippen LogP contribution in [0.5, 0.6) is 0 Å². The second kappa shape index (κ2) is 5.80. The van der Waals surface area contributed by atoms with E-state index in [4.69, 9.17) is 5.73 Å². The van der Waals surface area contributed by atoms with Crippen molar-refractivity contribution < 1.29 is 0 Å². The minimum Gasteiger partial charge on any atom is -0.351 e. The summed E-state index contributed by atoms with van der Waals surface area (Å²) in [7, 11) is 2.07. The van der Waals surface area contributed by atoms with Crippen LogP contribution in [0.1, 0.15) is 11.3 Å². The Morgan fingerprint density at radius 2 is 2.06 bits per heavy atom. The van der Waals surface area contributed by atoms with Crippen molar-refractivity contribution in [2.75, 3.05) is 18.5 Å². The van der Waals surface area contributed by atoms with Gasteiger partial charge in [0.2, 0.25) is 0 Å². The average molecular weight is 247 g/mol. The summed E-state index contributed by atoms with van der Waals surface area (Å²) in [6.45, 7) is 1.49. The molecule has 2 N–H and O–H groups in total. The predicted molar refractivity (Wildman–Crippen MR) is 73.4 cm³/mol.